The summed E-state index contributed by atoms with van der Waals surface area (Å²) >= 11 is 0. The van der Waals surface area contributed by atoms with E-state index in [0.717, 1.165) is 37.7 Å². The Kier molecular flexibility index (Phi) is 3.08. The molecule has 0 aliphatic carbocycles. The quantitative estimate of drug-likeness (QED) is 0.278. The predicted octanol–water partition coefficient (Wildman–Crippen LogP) is 3.98. The Morgan fingerprint density at radius 2 is 1.00 bits per heavy atom. The fraction of sp³-hybridized carbons (Fsp3) is 0. The third kappa shape index (κ3) is 2.00. The maximum Gasteiger partial charge on any atom is 0.489 e. The van der Waals surface area contributed by atoms with Gasteiger partial charge in [-0.15, -0.1) is 0 Å². The molecule has 5 aromatic carbocycles. The van der Waals surface area contributed by atoms with Crippen LogP contribution in [0.5, 0.6) is 0 Å². The molecule has 0 saturated carbocycles. The van der Waals surface area contributed by atoms with E-state index < -0.39 is 7.12 Å². The van der Waals surface area contributed by atoms with Crippen LogP contribution in [0, 0.1) is 0 Å². The number of rotatable bonds is 1. The molecule has 2 nitrogen and oxygen atoms in total. The Morgan fingerprint density at radius 3 is 1.64 bits per heavy atom. The molecule has 118 valence electrons. The highest BCUT2D eigenvalue weighted by Gasteiger charge is 2.21. The lowest BCUT2D eigenvalue weighted by molar-refractivity contribution is 0.426. The molecule has 0 unspecified atom stereocenters. The van der Waals surface area contributed by atoms with Gasteiger partial charge in [-0.05, 0) is 54.6 Å². The van der Waals surface area contributed by atoms with E-state index in [2.05, 4.69) is 30.3 Å². The Hall–Kier alpha value is -2.88. The normalized spacial score (nSPS) is 11.6. The van der Waals surface area contributed by atoms with Gasteiger partial charge in [0.15, 0.2) is 0 Å². The minimum absolute atomic E-state index is 0.579. The van der Waals surface area contributed by atoms with Crippen LogP contribution in [0.15, 0.2) is 78.9 Å². The van der Waals surface area contributed by atoms with E-state index >= 15 is 0 Å². The minimum atomic E-state index is -1.53. The molecule has 2 N–H and O–H groups in total. The number of fused-ring (bicyclic) bond motifs is 7. The third-order valence-corrected chi connectivity index (χ3v) is 5.05. The summed E-state index contributed by atoms with van der Waals surface area (Å²) in [6, 6.07) is 26.5. The second-order valence-electron chi connectivity index (χ2n) is 6.40. The highest BCUT2D eigenvalue weighted by molar-refractivity contribution is 6.67. The summed E-state index contributed by atoms with van der Waals surface area (Å²) in [5, 5.41) is 28.8. The Bertz CT molecular complexity index is 1280. The molecule has 25 heavy (non-hydrogen) atoms. The summed E-state index contributed by atoms with van der Waals surface area (Å²) in [5.41, 5.74) is 0.579. The molecule has 0 aliphatic rings. The predicted molar refractivity (Wildman–Crippen MR) is 106 cm³/mol. The van der Waals surface area contributed by atoms with Gasteiger partial charge in [0.05, 0.1) is 0 Å². The van der Waals surface area contributed by atoms with Crippen LogP contribution in [0.25, 0.3) is 43.1 Å². The monoisotopic (exact) mass is 322 g/mol. The summed E-state index contributed by atoms with van der Waals surface area (Å²) in [6.45, 7) is 0. The van der Waals surface area contributed by atoms with Crippen LogP contribution in [-0.2, 0) is 0 Å². The van der Waals surface area contributed by atoms with Crippen LogP contribution < -0.4 is 5.46 Å². The number of hydrogen-bond acceptors (Lipinski definition) is 2. The van der Waals surface area contributed by atoms with Crippen molar-refractivity contribution < 1.29 is 10.0 Å². The van der Waals surface area contributed by atoms with Crippen molar-refractivity contribution in [3.8, 4) is 0 Å². The maximum atomic E-state index is 10.2. The van der Waals surface area contributed by atoms with Crippen LogP contribution >= 0.6 is 0 Å². The summed E-state index contributed by atoms with van der Waals surface area (Å²) < 4.78 is 0. The molecule has 5 aromatic rings. The zero-order chi connectivity index (χ0) is 17.0. The van der Waals surface area contributed by atoms with Gasteiger partial charge >= 0.3 is 7.12 Å². The van der Waals surface area contributed by atoms with Crippen molar-refractivity contribution in [2.24, 2.45) is 0 Å². The Balaban J connectivity index is 2.21. The van der Waals surface area contributed by atoms with Crippen LogP contribution in [0.3, 0.4) is 0 Å². The third-order valence-electron chi connectivity index (χ3n) is 5.05. The molecular formula is C22H15BO2. The molecule has 0 fully saturated rings. The lowest BCUT2D eigenvalue weighted by Crippen LogP contribution is -2.31. The van der Waals surface area contributed by atoms with E-state index in [1.165, 1.54) is 5.39 Å². The maximum absolute atomic E-state index is 10.2. The fourth-order valence-electron chi connectivity index (χ4n) is 4.04. The first-order valence-electron chi connectivity index (χ1n) is 8.36. The van der Waals surface area contributed by atoms with E-state index in [1.807, 2.05) is 48.5 Å². The number of benzene rings is 5. The highest BCUT2D eigenvalue weighted by Crippen LogP contribution is 2.36. The van der Waals surface area contributed by atoms with E-state index in [0.29, 0.717) is 5.46 Å². The minimum Gasteiger partial charge on any atom is -0.423 e. The molecular weight excluding hydrogens is 307 g/mol. The molecule has 0 aliphatic heterocycles. The molecule has 0 heterocycles. The van der Waals surface area contributed by atoms with Crippen molar-refractivity contribution in [1.82, 2.24) is 0 Å². The van der Waals surface area contributed by atoms with E-state index in [-0.39, 0.29) is 0 Å². The second kappa shape index (κ2) is 5.31. The van der Waals surface area contributed by atoms with Crippen LogP contribution in [0.4, 0.5) is 0 Å². The van der Waals surface area contributed by atoms with Gasteiger partial charge in [0.2, 0.25) is 0 Å². The summed E-state index contributed by atoms with van der Waals surface area (Å²) in [7, 11) is -1.53. The smallest absolute Gasteiger partial charge is 0.423 e. The summed E-state index contributed by atoms with van der Waals surface area (Å²) in [6.07, 6.45) is 0. The van der Waals surface area contributed by atoms with Gasteiger partial charge in [0.1, 0.15) is 0 Å². The van der Waals surface area contributed by atoms with Gasteiger partial charge in [-0.3, -0.25) is 0 Å². The van der Waals surface area contributed by atoms with Crippen LogP contribution in [0.1, 0.15) is 0 Å². The van der Waals surface area contributed by atoms with Crippen molar-refractivity contribution in [2.75, 3.05) is 0 Å². The standard InChI is InChI=1S/C22H15BO2/c24-23(25)22-15-8-2-1-7-14(15)13-20-18-11-4-3-9-16(18)17-10-5-6-12-19(17)21(20)22/h1-13,24-25H. The molecule has 0 bridgehead atoms. The fourth-order valence-corrected chi connectivity index (χ4v) is 4.04. The second-order valence-corrected chi connectivity index (χ2v) is 6.40. The largest absolute Gasteiger partial charge is 0.489 e. The van der Waals surface area contributed by atoms with E-state index in [9.17, 15) is 10.0 Å². The molecule has 0 amide bonds. The first-order chi connectivity index (χ1) is 12.3. The lowest BCUT2D eigenvalue weighted by atomic mass is 9.72. The molecule has 0 aromatic heterocycles. The van der Waals surface area contributed by atoms with Gasteiger partial charge in [0, 0.05) is 0 Å². The highest BCUT2D eigenvalue weighted by atomic mass is 16.4. The topological polar surface area (TPSA) is 40.5 Å². The van der Waals surface area contributed by atoms with Crippen LogP contribution in [-0.4, -0.2) is 17.2 Å². The van der Waals surface area contributed by atoms with Gasteiger partial charge in [-0.1, -0.05) is 72.8 Å². The van der Waals surface area contributed by atoms with Crippen molar-refractivity contribution >= 4 is 55.7 Å². The average molecular weight is 322 g/mol. The Labute approximate surface area is 145 Å². The molecule has 5 rings (SSSR count). The van der Waals surface area contributed by atoms with Crippen molar-refractivity contribution in [3.05, 3.63) is 78.9 Å². The van der Waals surface area contributed by atoms with Crippen molar-refractivity contribution in [1.29, 1.82) is 0 Å². The van der Waals surface area contributed by atoms with Crippen molar-refractivity contribution in [3.63, 3.8) is 0 Å². The SMILES string of the molecule is OB(O)c1c2ccccc2cc2c3ccccc3c3ccccc3c12. The molecule has 0 spiro atoms. The molecule has 0 atom stereocenters. The summed E-state index contributed by atoms with van der Waals surface area (Å²) in [4.78, 5) is 0. The number of hydrogen-bond donors (Lipinski definition) is 2. The molecule has 0 radical (unpaired) electrons. The average Bonchev–Trinajstić information content (AvgIpc) is 2.66. The first-order valence-corrected chi connectivity index (χ1v) is 8.36. The molecule has 0 saturated heterocycles. The van der Waals surface area contributed by atoms with Gasteiger partial charge in [-0.2, -0.15) is 0 Å². The first kappa shape index (κ1) is 14.5. The Morgan fingerprint density at radius 1 is 0.520 bits per heavy atom. The zero-order valence-corrected chi connectivity index (χ0v) is 13.5. The van der Waals surface area contributed by atoms with Crippen molar-refractivity contribution in [2.45, 2.75) is 0 Å². The van der Waals surface area contributed by atoms with Gasteiger partial charge < -0.3 is 10.0 Å². The van der Waals surface area contributed by atoms with E-state index in [4.69, 9.17) is 0 Å². The van der Waals surface area contributed by atoms with E-state index in [1.54, 1.807) is 0 Å². The van der Waals surface area contributed by atoms with Crippen LogP contribution in [0.2, 0.25) is 0 Å². The molecule has 3 heteroatoms. The lowest BCUT2D eigenvalue weighted by Gasteiger charge is -2.16. The summed E-state index contributed by atoms with van der Waals surface area (Å²) in [5.74, 6) is 0. The van der Waals surface area contributed by atoms with Gasteiger partial charge in [-0.25, -0.2) is 0 Å². The zero-order valence-electron chi connectivity index (χ0n) is 13.5. The van der Waals surface area contributed by atoms with Gasteiger partial charge in [0.25, 0.3) is 0 Å².